The number of pyridine rings is 1. The van der Waals surface area contributed by atoms with Gasteiger partial charge in [-0.3, -0.25) is 4.79 Å². The molecule has 0 unspecified atom stereocenters. The molecule has 7 heteroatoms. The Morgan fingerprint density at radius 3 is 2.45 bits per heavy atom. The third kappa shape index (κ3) is 4.02. The van der Waals surface area contributed by atoms with Crippen LogP contribution in [0.4, 0.5) is 13.2 Å². The van der Waals surface area contributed by atoms with Gasteiger partial charge in [-0.25, -0.2) is 4.98 Å². The number of halogens is 3. The molecular formula is C26H28F3N3O. The van der Waals surface area contributed by atoms with Crippen molar-refractivity contribution in [1.29, 1.82) is 0 Å². The van der Waals surface area contributed by atoms with E-state index in [2.05, 4.69) is 17.2 Å². The van der Waals surface area contributed by atoms with Gasteiger partial charge in [0.2, 0.25) is 0 Å². The maximum Gasteiger partial charge on any atom is 0.416 e. The average molecular weight is 456 g/mol. The largest absolute Gasteiger partial charge is 0.416 e. The highest BCUT2D eigenvalue weighted by Crippen LogP contribution is 2.58. The minimum atomic E-state index is -4.36. The number of carbonyl (C=O) groups excluding carboxylic acids is 1. The quantitative estimate of drug-likeness (QED) is 0.515. The lowest BCUT2D eigenvalue weighted by atomic mass is 9.50. The van der Waals surface area contributed by atoms with Crippen LogP contribution < -0.4 is 5.32 Å². The topological polar surface area (TPSA) is 46.9 Å². The summed E-state index contributed by atoms with van der Waals surface area (Å²) in [5, 5.41) is 3.99. The number of carbonyl (C=O) groups is 1. The van der Waals surface area contributed by atoms with Crippen LogP contribution in [0, 0.1) is 11.3 Å². The molecule has 1 spiro atoms. The van der Waals surface area contributed by atoms with Crippen LogP contribution in [0.3, 0.4) is 0 Å². The molecule has 2 aliphatic carbocycles. The van der Waals surface area contributed by atoms with Crippen molar-refractivity contribution in [3.05, 3.63) is 65.0 Å². The molecule has 0 aliphatic heterocycles. The zero-order valence-electron chi connectivity index (χ0n) is 18.9. The maximum absolute atomic E-state index is 13.3. The molecule has 33 heavy (non-hydrogen) atoms. The second-order valence-corrected chi connectivity index (χ2v) is 9.96. The summed E-state index contributed by atoms with van der Waals surface area (Å²) in [5.41, 5.74) is 2.74. The number of aromatic nitrogens is 2. The smallest absolute Gasteiger partial charge is 0.349 e. The van der Waals surface area contributed by atoms with Crippen LogP contribution in [0.15, 0.2) is 42.7 Å². The first-order valence-corrected chi connectivity index (χ1v) is 11.6. The van der Waals surface area contributed by atoms with Gasteiger partial charge in [-0.2, -0.15) is 13.2 Å². The molecule has 2 fully saturated rings. The van der Waals surface area contributed by atoms with Crippen molar-refractivity contribution in [3.63, 3.8) is 0 Å². The molecule has 2 aliphatic rings. The number of amides is 1. The van der Waals surface area contributed by atoms with Crippen LogP contribution in [0.2, 0.25) is 0 Å². The van der Waals surface area contributed by atoms with Crippen molar-refractivity contribution in [3.8, 4) is 0 Å². The zero-order valence-corrected chi connectivity index (χ0v) is 18.9. The normalized spacial score (nSPS) is 24.5. The van der Waals surface area contributed by atoms with Crippen molar-refractivity contribution >= 4 is 16.9 Å². The third-order valence-corrected chi connectivity index (χ3v) is 7.36. The number of alkyl halides is 3. The van der Waals surface area contributed by atoms with Gasteiger partial charge >= 0.3 is 6.18 Å². The monoisotopic (exact) mass is 455 g/mol. The summed E-state index contributed by atoms with van der Waals surface area (Å²) < 4.78 is 40.7. The van der Waals surface area contributed by atoms with Crippen LogP contribution in [-0.4, -0.2) is 21.5 Å². The Kier molecular flexibility index (Phi) is 5.26. The summed E-state index contributed by atoms with van der Waals surface area (Å²) in [7, 11) is 0. The highest BCUT2D eigenvalue weighted by atomic mass is 19.4. The number of hydrogen-bond acceptors (Lipinski definition) is 2. The highest BCUT2D eigenvalue weighted by Gasteiger charge is 2.51. The van der Waals surface area contributed by atoms with E-state index in [4.69, 9.17) is 0 Å². The summed E-state index contributed by atoms with van der Waals surface area (Å²) in [4.78, 5) is 17.8. The molecule has 0 radical (unpaired) electrons. The van der Waals surface area contributed by atoms with Gasteiger partial charge in [-0.15, -0.1) is 0 Å². The lowest BCUT2D eigenvalue weighted by molar-refractivity contribution is -0.137. The Bertz CT molecular complexity index is 1180. The Labute approximate surface area is 191 Å². The lowest BCUT2D eigenvalue weighted by Gasteiger charge is -2.57. The number of fused-ring (bicyclic) bond motifs is 1. The summed E-state index contributed by atoms with van der Waals surface area (Å²) in [6, 6.07) is 7.27. The van der Waals surface area contributed by atoms with Gasteiger partial charge in [0.1, 0.15) is 5.65 Å². The first-order valence-electron chi connectivity index (χ1n) is 11.6. The number of aryl methyl sites for hydroxylation is 1. The second kappa shape index (κ2) is 7.89. The second-order valence-electron chi connectivity index (χ2n) is 9.96. The fraction of sp³-hybridized carbons (Fsp3) is 0.462. The fourth-order valence-corrected chi connectivity index (χ4v) is 5.98. The predicted molar refractivity (Wildman–Crippen MR) is 121 cm³/mol. The van der Waals surface area contributed by atoms with E-state index < -0.39 is 11.7 Å². The van der Waals surface area contributed by atoms with Gasteiger partial charge < -0.3 is 9.88 Å². The first kappa shape index (κ1) is 22.0. The molecule has 5 rings (SSSR count). The molecule has 2 saturated carbocycles. The van der Waals surface area contributed by atoms with E-state index in [-0.39, 0.29) is 11.9 Å². The molecule has 174 valence electrons. The molecule has 0 bridgehead atoms. The number of rotatable bonds is 5. The van der Waals surface area contributed by atoms with Crippen molar-refractivity contribution in [2.24, 2.45) is 11.3 Å². The Hall–Kier alpha value is -2.83. The first-order chi connectivity index (χ1) is 15.7. The molecule has 1 amide bonds. The van der Waals surface area contributed by atoms with Crippen molar-refractivity contribution in [1.82, 2.24) is 14.9 Å². The van der Waals surface area contributed by atoms with Crippen LogP contribution in [0.25, 0.3) is 11.0 Å². The molecule has 3 aromatic rings. The molecule has 0 saturated heterocycles. The molecular weight excluding hydrogens is 427 g/mol. The number of nitrogens with one attached hydrogen (secondary N) is 1. The fourth-order valence-electron chi connectivity index (χ4n) is 5.98. The summed E-state index contributed by atoms with van der Waals surface area (Å²) >= 11 is 0. The zero-order chi connectivity index (χ0) is 23.4. The van der Waals surface area contributed by atoms with Gasteiger partial charge in [0, 0.05) is 30.4 Å². The standard InChI is InChI=1S/C26H28F3N3O/c1-3-32-15-21(24(33)31-20-13-25(14-20)11-16(2)12-25)22-18(8-9-30-23(22)32)10-17-4-6-19(7-5-17)26(27,28)29/h4-9,15-16,20H,3,10-14H2,1-2H3,(H,31,33). The van der Waals surface area contributed by atoms with Gasteiger partial charge in [0.25, 0.3) is 5.91 Å². The maximum atomic E-state index is 13.3. The third-order valence-electron chi connectivity index (χ3n) is 7.36. The van der Waals surface area contributed by atoms with E-state index in [0.717, 1.165) is 53.1 Å². The number of benzene rings is 1. The minimum Gasteiger partial charge on any atom is -0.349 e. The van der Waals surface area contributed by atoms with Crippen molar-refractivity contribution in [2.75, 3.05) is 0 Å². The average Bonchev–Trinajstić information content (AvgIpc) is 3.11. The highest BCUT2D eigenvalue weighted by molar-refractivity contribution is 6.07. The Morgan fingerprint density at radius 2 is 1.85 bits per heavy atom. The van der Waals surface area contributed by atoms with E-state index in [0.29, 0.717) is 23.9 Å². The number of nitrogens with zero attached hydrogens (tertiary/aromatic N) is 2. The molecule has 2 aromatic heterocycles. The van der Waals surface area contributed by atoms with Gasteiger partial charge in [-0.1, -0.05) is 19.1 Å². The van der Waals surface area contributed by atoms with Crippen LogP contribution >= 0.6 is 0 Å². The molecule has 1 aromatic carbocycles. The van der Waals surface area contributed by atoms with E-state index in [1.807, 2.05) is 23.8 Å². The van der Waals surface area contributed by atoms with Gasteiger partial charge in [0.15, 0.2) is 0 Å². The van der Waals surface area contributed by atoms with E-state index >= 15 is 0 Å². The van der Waals surface area contributed by atoms with Crippen molar-refractivity contribution in [2.45, 2.75) is 64.7 Å². The van der Waals surface area contributed by atoms with Crippen LogP contribution in [0.1, 0.15) is 66.6 Å². The Morgan fingerprint density at radius 1 is 1.15 bits per heavy atom. The predicted octanol–water partition coefficient (Wildman–Crippen LogP) is 5.97. The summed E-state index contributed by atoms with van der Waals surface area (Å²) in [6.07, 6.45) is 4.23. The van der Waals surface area contributed by atoms with E-state index in [1.165, 1.54) is 25.0 Å². The molecule has 0 atom stereocenters. The van der Waals surface area contributed by atoms with Crippen LogP contribution in [-0.2, 0) is 19.1 Å². The van der Waals surface area contributed by atoms with E-state index in [9.17, 15) is 18.0 Å². The van der Waals surface area contributed by atoms with E-state index in [1.54, 1.807) is 6.20 Å². The minimum absolute atomic E-state index is 0.0962. The lowest BCUT2D eigenvalue weighted by Crippen LogP contribution is -2.55. The summed E-state index contributed by atoms with van der Waals surface area (Å²) in [5.74, 6) is 0.698. The molecule has 4 nitrogen and oxygen atoms in total. The van der Waals surface area contributed by atoms with Gasteiger partial charge in [-0.05, 0) is 79.7 Å². The van der Waals surface area contributed by atoms with Crippen LogP contribution in [0.5, 0.6) is 0 Å². The summed E-state index contributed by atoms with van der Waals surface area (Å²) in [6.45, 7) is 4.95. The van der Waals surface area contributed by atoms with Gasteiger partial charge in [0.05, 0.1) is 11.1 Å². The van der Waals surface area contributed by atoms with Crippen molar-refractivity contribution < 1.29 is 18.0 Å². The molecule has 2 heterocycles. The number of hydrogen-bond donors (Lipinski definition) is 1. The SMILES string of the molecule is CCn1cc(C(=O)NC2CC3(CC(C)C3)C2)c2c(Cc3ccc(C(F)(F)F)cc3)ccnc21. The Balaban J connectivity index is 1.40. The molecule has 1 N–H and O–H groups in total.